The van der Waals surface area contributed by atoms with Gasteiger partial charge in [0.25, 0.3) is 0 Å². The normalized spacial score (nSPS) is 13.4. The lowest BCUT2D eigenvalue weighted by Gasteiger charge is -2.25. The highest BCUT2D eigenvalue weighted by molar-refractivity contribution is 7.89. The second kappa shape index (κ2) is 15.7. The molecular weight excluding hydrogens is 490 g/mol. The maximum Gasteiger partial charge on any atom is 0.307 e. The van der Waals surface area contributed by atoms with E-state index in [9.17, 15) is 13.2 Å². The SMILES string of the molecule is CCCN(CCC)S(=O)(=O)CCC(=O)OC(CNCc1cccc(OC)c1)C(N)Cc1ccc(C)cc1. The zero-order chi connectivity index (χ0) is 27.3. The van der Waals surface area contributed by atoms with Crippen molar-refractivity contribution in [3.63, 3.8) is 0 Å². The minimum Gasteiger partial charge on any atom is -0.497 e. The summed E-state index contributed by atoms with van der Waals surface area (Å²) in [5, 5.41) is 3.32. The Balaban J connectivity index is 2.03. The van der Waals surface area contributed by atoms with Crippen LogP contribution in [-0.4, -0.2) is 63.3 Å². The van der Waals surface area contributed by atoms with Crippen LogP contribution in [0.15, 0.2) is 48.5 Å². The van der Waals surface area contributed by atoms with E-state index in [-0.39, 0.29) is 12.2 Å². The molecule has 0 amide bonds. The van der Waals surface area contributed by atoms with E-state index in [4.69, 9.17) is 15.2 Å². The first-order valence-electron chi connectivity index (χ1n) is 13.0. The van der Waals surface area contributed by atoms with E-state index in [1.54, 1.807) is 7.11 Å². The van der Waals surface area contributed by atoms with Crippen LogP contribution < -0.4 is 15.8 Å². The van der Waals surface area contributed by atoms with Crippen LogP contribution in [0.5, 0.6) is 5.75 Å². The Bertz CT molecular complexity index is 1050. The van der Waals surface area contributed by atoms with Crippen molar-refractivity contribution in [1.82, 2.24) is 9.62 Å². The predicted molar refractivity (Wildman–Crippen MR) is 148 cm³/mol. The fourth-order valence-corrected chi connectivity index (χ4v) is 5.61. The molecule has 8 nitrogen and oxygen atoms in total. The smallest absolute Gasteiger partial charge is 0.307 e. The molecule has 9 heteroatoms. The van der Waals surface area contributed by atoms with Crippen LogP contribution in [0.1, 0.15) is 49.8 Å². The monoisotopic (exact) mass is 533 g/mol. The highest BCUT2D eigenvalue weighted by atomic mass is 32.2. The molecule has 37 heavy (non-hydrogen) atoms. The van der Waals surface area contributed by atoms with Crippen LogP contribution in [0.4, 0.5) is 0 Å². The van der Waals surface area contributed by atoms with Crippen molar-refractivity contribution in [2.24, 2.45) is 5.73 Å². The van der Waals surface area contributed by atoms with Gasteiger partial charge in [0, 0.05) is 32.2 Å². The molecule has 0 radical (unpaired) electrons. The third kappa shape index (κ3) is 10.8. The number of nitrogens with zero attached hydrogens (tertiary/aromatic N) is 1. The van der Waals surface area contributed by atoms with Crippen molar-refractivity contribution in [2.75, 3.05) is 32.5 Å². The second-order valence-corrected chi connectivity index (χ2v) is 11.4. The molecule has 2 aromatic carbocycles. The first-order chi connectivity index (χ1) is 17.7. The predicted octanol–water partition coefficient (Wildman–Crippen LogP) is 3.42. The van der Waals surface area contributed by atoms with Gasteiger partial charge < -0.3 is 20.5 Å². The number of hydrogen-bond acceptors (Lipinski definition) is 7. The number of sulfonamides is 1. The number of nitrogens with two attached hydrogens (primary N) is 1. The molecule has 0 aromatic heterocycles. The Morgan fingerprint density at radius 1 is 1.05 bits per heavy atom. The lowest BCUT2D eigenvalue weighted by atomic mass is 10.0. The molecule has 2 aromatic rings. The van der Waals surface area contributed by atoms with Gasteiger partial charge in [-0.25, -0.2) is 12.7 Å². The van der Waals surface area contributed by atoms with E-state index in [2.05, 4.69) is 5.32 Å². The van der Waals surface area contributed by atoms with Gasteiger partial charge in [-0.2, -0.15) is 0 Å². The third-order valence-electron chi connectivity index (χ3n) is 6.06. The van der Waals surface area contributed by atoms with Crippen molar-refractivity contribution in [1.29, 1.82) is 0 Å². The summed E-state index contributed by atoms with van der Waals surface area (Å²) in [4.78, 5) is 12.8. The molecule has 3 N–H and O–H groups in total. The molecule has 0 heterocycles. The van der Waals surface area contributed by atoms with E-state index < -0.39 is 28.1 Å². The summed E-state index contributed by atoms with van der Waals surface area (Å²) in [7, 11) is -1.92. The number of carbonyl (C=O) groups is 1. The summed E-state index contributed by atoms with van der Waals surface area (Å²) in [5.74, 6) is -0.0768. The lowest BCUT2D eigenvalue weighted by molar-refractivity contribution is -0.149. The quantitative estimate of drug-likeness (QED) is 0.300. The molecule has 0 fully saturated rings. The molecule has 2 atom stereocenters. The summed E-state index contributed by atoms with van der Waals surface area (Å²) in [6.45, 7) is 7.66. The van der Waals surface area contributed by atoms with Gasteiger partial charge in [-0.3, -0.25) is 4.79 Å². The maximum atomic E-state index is 12.8. The molecule has 2 rings (SSSR count). The number of rotatable bonds is 17. The molecule has 0 saturated carbocycles. The van der Waals surface area contributed by atoms with Crippen molar-refractivity contribution < 1.29 is 22.7 Å². The van der Waals surface area contributed by atoms with Gasteiger partial charge in [0.2, 0.25) is 10.0 Å². The summed E-state index contributed by atoms with van der Waals surface area (Å²) >= 11 is 0. The number of hydrogen-bond donors (Lipinski definition) is 2. The van der Waals surface area contributed by atoms with E-state index in [0.29, 0.717) is 32.6 Å². The summed E-state index contributed by atoms with van der Waals surface area (Å²) in [6, 6.07) is 15.3. The number of esters is 1. The average molecular weight is 534 g/mol. The molecule has 206 valence electrons. The molecule has 0 bridgehead atoms. The van der Waals surface area contributed by atoms with Gasteiger partial charge in [-0.1, -0.05) is 55.8 Å². The Morgan fingerprint density at radius 2 is 1.73 bits per heavy atom. The number of carbonyl (C=O) groups excluding carboxylic acids is 1. The average Bonchev–Trinajstić information content (AvgIpc) is 2.88. The minimum absolute atomic E-state index is 0.212. The third-order valence-corrected chi connectivity index (χ3v) is 7.94. The zero-order valence-electron chi connectivity index (χ0n) is 22.6. The maximum absolute atomic E-state index is 12.8. The number of methoxy groups -OCH3 is 1. The fourth-order valence-electron chi connectivity index (χ4n) is 4.01. The number of ether oxygens (including phenoxy) is 2. The Kier molecular flexibility index (Phi) is 13.1. The van der Waals surface area contributed by atoms with Crippen molar-refractivity contribution in [3.05, 3.63) is 65.2 Å². The second-order valence-electron chi connectivity index (χ2n) is 9.33. The number of aryl methyl sites for hydroxylation is 1. The van der Waals surface area contributed by atoms with E-state index >= 15 is 0 Å². The first-order valence-corrected chi connectivity index (χ1v) is 14.6. The molecule has 0 aliphatic heterocycles. The van der Waals surface area contributed by atoms with Crippen LogP contribution in [0.2, 0.25) is 0 Å². The summed E-state index contributed by atoms with van der Waals surface area (Å²) < 4.78 is 38.0. The molecular formula is C28H43N3O5S. The highest BCUT2D eigenvalue weighted by Gasteiger charge is 2.26. The number of nitrogens with one attached hydrogen (secondary N) is 1. The lowest BCUT2D eigenvalue weighted by Crippen LogP contribution is -2.46. The highest BCUT2D eigenvalue weighted by Crippen LogP contribution is 2.14. The molecule has 0 saturated heterocycles. The fraction of sp³-hybridized carbons (Fsp3) is 0.536. The molecule has 2 unspecified atom stereocenters. The minimum atomic E-state index is -3.54. The van der Waals surface area contributed by atoms with Gasteiger partial charge in [0.1, 0.15) is 11.9 Å². The van der Waals surface area contributed by atoms with E-state index in [1.165, 1.54) is 4.31 Å². The van der Waals surface area contributed by atoms with E-state index in [1.807, 2.05) is 69.3 Å². The van der Waals surface area contributed by atoms with Crippen molar-refractivity contribution >= 4 is 16.0 Å². The van der Waals surface area contributed by atoms with Gasteiger partial charge in [-0.05, 0) is 49.4 Å². The molecule has 0 aliphatic carbocycles. The largest absolute Gasteiger partial charge is 0.497 e. The standard InChI is InChI=1S/C28H43N3O5S/c1-5-15-31(16-6-2)37(33,34)17-14-28(32)36-27(26(29)19-23-12-10-22(3)11-13-23)21-30-20-24-8-7-9-25(18-24)35-4/h7-13,18,26-27,30H,5-6,14-17,19-21,29H2,1-4H3. The topological polar surface area (TPSA) is 111 Å². The Morgan fingerprint density at radius 3 is 2.35 bits per heavy atom. The van der Waals surface area contributed by atoms with Gasteiger partial charge in [0.05, 0.1) is 19.3 Å². The van der Waals surface area contributed by atoms with Crippen LogP contribution in [0.25, 0.3) is 0 Å². The number of benzene rings is 2. The van der Waals surface area contributed by atoms with Crippen molar-refractivity contribution in [2.45, 2.75) is 65.1 Å². The summed E-state index contributed by atoms with van der Waals surface area (Å²) in [6.07, 6.45) is 1.13. The molecule has 0 spiro atoms. The van der Waals surface area contributed by atoms with Crippen LogP contribution in [0, 0.1) is 6.92 Å². The van der Waals surface area contributed by atoms with E-state index in [0.717, 1.165) is 35.3 Å². The van der Waals surface area contributed by atoms with Crippen LogP contribution in [-0.2, 0) is 32.5 Å². The Labute approximate surface area is 222 Å². The van der Waals surface area contributed by atoms with Gasteiger partial charge in [0.15, 0.2) is 0 Å². The van der Waals surface area contributed by atoms with Gasteiger partial charge in [-0.15, -0.1) is 0 Å². The Hall–Kier alpha value is -2.46. The van der Waals surface area contributed by atoms with Crippen molar-refractivity contribution in [3.8, 4) is 5.75 Å². The van der Waals surface area contributed by atoms with Gasteiger partial charge >= 0.3 is 5.97 Å². The summed E-state index contributed by atoms with van der Waals surface area (Å²) in [5.41, 5.74) is 9.73. The molecule has 0 aliphatic rings. The first kappa shape index (κ1) is 30.8. The van der Waals surface area contributed by atoms with Crippen LogP contribution in [0.3, 0.4) is 0 Å². The zero-order valence-corrected chi connectivity index (χ0v) is 23.4. The van der Waals surface area contributed by atoms with Crippen LogP contribution >= 0.6 is 0 Å².